The summed E-state index contributed by atoms with van der Waals surface area (Å²) in [6.07, 6.45) is 1.77. The number of nitro benzene ring substituents is 1. The molecule has 98 valence electrons. The van der Waals surface area contributed by atoms with Crippen LogP contribution < -0.4 is 10.6 Å². The van der Waals surface area contributed by atoms with Gasteiger partial charge in [0.25, 0.3) is 5.69 Å². The van der Waals surface area contributed by atoms with Crippen molar-refractivity contribution in [1.82, 2.24) is 0 Å². The normalized spacial score (nSPS) is 16.1. The number of hydrogen-bond acceptors (Lipinski definition) is 5. The SMILES string of the molecule is CNc1cc(NCC(O)C2CC2)cc([N+](=O)[O-])c1. The number of rotatable bonds is 6. The Hall–Kier alpha value is -1.82. The van der Waals surface area contributed by atoms with E-state index in [1.807, 2.05) is 0 Å². The Morgan fingerprint density at radius 2 is 2.11 bits per heavy atom. The van der Waals surface area contributed by atoms with Crippen molar-refractivity contribution in [2.45, 2.75) is 18.9 Å². The minimum Gasteiger partial charge on any atom is -0.391 e. The van der Waals surface area contributed by atoms with Crippen LogP contribution in [0, 0.1) is 16.0 Å². The highest BCUT2D eigenvalue weighted by Gasteiger charge is 2.29. The number of nitro groups is 1. The van der Waals surface area contributed by atoms with E-state index < -0.39 is 4.92 Å². The first kappa shape index (κ1) is 12.6. The summed E-state index contributed by atoms with van der Waals surface area (Å²) in [6.45, 7) is 0.426. The van der Waals surface area contributed by atoms with Crippen LogP contribution in [-0.4, -0.2) is 29.7 Å². The van der Waals surface area contributed by atoms with Gasteiger partial charge in [0.2, 0.25) is 0 Å². The molecule has 0 amide bonds. The molecule has 1 fully saturated rings. The number of anilines is 2. The summed E-state index contributed by atoms with van der Waals surface area (Å²) in [6, 6.07) is 4.73. The minimum absolute atomic E-state index is 0.0326. The Morgan fingerprint density at radius 1 is 1.44 bits per heavy atom. The number of non-ortho nitro benzene ring substituents is 1. The third-order valence-corrected chi connectivity index (χ3v) is 3.10. The molecule has 6 heteroatoms. The van der Waals surface area contributed by atoms with Crippen LogP contribution >= 0.6 is 0 Å². The number of aliphatic hydroxyl groups excluding tert-OH is 1. The van der Waals surface area contributed by atoms with E-state index in [0.717, 1.165) is 12.8 Å². The number of nitrogens with one attached hydrogen (secondary N) is 2. The molecule has 1 aromatic rings. The van der Waals surface area contributed by atoms with Crippen molar-refractivity contribution >= 4 is 17.1 Å². The van der Waals surface area contributed by atoms with Gasteiger partial charge in [-0.1, -0.05) is 0 Å². The Morgan fingerprint density at radius 3 is 2.67 bits per heavy atom. The lowest BCUT2D eigenvalue weighted by Gasteiger charge is -2.12. The van der Waals surface area contributed by atoms with Crippen LogP contribution in [0.15, 0.2) is 18.2 Å². The van der Waals surface area contributed by atoms with Crippen molar-refractivity contribution in [2.24, 2.45) is 5.92 Å². The number of nitrogens with zero attached hydrogens (tertiary/aromatic N) is 1. The van der Waals surface area contributed by atoms with Crippen molar-refractivity contribution < 1.29 is 10.0 Å². The average molecular weight is 251 g/mol. The van der Waals surface area contributed by atoms with E-state index in [4.69, 9.17) is 0 Å². The molecular formula is C12H17N3O3. The second kappa shape index (κ2) is 5.22. The molecule has 0 saturated heterocycles. The van der Waals surface area contributed by atoms with Crippen LogP contribution in [0.1, 0.15) is 12.8 Å². The van der Waals surface area contributed by atoms with E-state index in [0.29, 0.717) is 23.8 Å². The molecule has 1 aliphatic carbocycles. The molecule has 0 spiro atoms. The van der Waals surface area contributed by atoms with Crippen LogP contribution in [0.3, 0.4) is 0 Å². The van der Waals surface area contributed by atoms with E-state index >= 15 is 0 Å². The average Bonchev–Trinajstić information content (AvgIpc) is 3.19. The van der Waals surface area contributed by atoms with Gasteiger partial charge >= 0.3 is 0 Å². The predicted molar refractivity (Wildman–Crippen MR) is 69.9 cm³/mol. The fraction of sp³-hybridized carbons (Fsp3) is 0.500. The highest BCUT2D eigenvalue weighted by Crippen LogP contribution is 2.33. The summed E-state index contributed by atoms with van der Waals surface area (Å²) in [5.41, 5.74) is 1.35. The zero-order chi connectivity index (χ0) is 13.1. The maximum atomic E-state index is 10.8. The molecule has 1 atom stereocenters. The molecule has 1 aliphatic rings. The van der Waals surface area contributed by atoms with Crippen LogP contribution in [0.4, 0.5) is 17.1 Å². The molecule has 6 nitrogen and oxygen atoms in total. The van der Waals surface area contributed by atoms with Crippen molar-refractivity contribution in [1.29, 1.82) is 0 Å². The monoisotopic (exact) mass is 251 g/mol. The molecule has 0 heterocycles. The second-order valence-corrected chi connectivity index (χ2v) is 4.56. The summed E-state index contributed by atoms with van der Waals surface area (Å²) in [5.74, 6) is 0.389. The van der Waals surface area contributed by atoms with Gasteiger partial charge < -0.3 is 15.7 Å². The summed E-state index contributed by atoms with van der Waals surface area (Å²) < 4.78 is 0. The Labute approximate surface area is 105 Å². The maximum Gasteiger partial charge on any atom is 0.273 e. The summed E-state index contributed by atoms with van der Waals surface area (Å²) >= 11 is 0. The van der Waals surface area contributed by atoms with Crippen molar-refractivity contribution in [3.8, 4) is 0 Å². The Kier molecular flexibility index (Phi) is 3.66. The van der Waals surface area contributed by atoms with Crippen LogP contribution in [0.25, 0.3) is 0 Å². The molecule has 0 radical (unpaired) electrons. The molecule has 0 bridgehead atoms. The fourth-order valence-electron chi connectivity index (χ4n) is 1.83. The second-order valence-electron chi connectivity index (χ2n) is 4.56. The topological polar surface area (TPSA) is 87.4 Å². The summed E-state index contributed by atoms with van der Waals surface area (Å²) in [5, 5.41) is 26.4. The van der Waals surface area contributed by atoms with Crippen molar-refractivity contribution in [3.63, 3.8) is 0 Å². The number of aliphatic hydroxyl groups is 1. The standard InChI is InChI=1S/C12H17N3O3/c1-13-9-4-10(6-11(5-9)15(17)18)14-7-12(16)8-2-3-8/h4-6,8,12-14,16H,2-3,7H2,1H3. The van der Waals surface area contributed by atoms with E-state index in [-0.39, 0.29) is 11.8 Å². The largest absolute Gasteiger partial charge is 0.391 e. The molecule has 0 aliphatic heterocycles. The highest BCUT2D eigenvalue weighted by molar-refractivity contribution is 5.63. The summed E-state index contributed by atoms with van der Waals surface area (Å²) in [4.78, 5) is 10.4. The van der Waals surface area contributed by atoms with Crippen molar-refractivity contribution in [2.75, 3.05) is 24.2 Å². The molecule has 1 unspecified atom stereocenters. The van der Waals surface area contributed by atoms with Gasteiger partial charge in [0.15, 0.2) is 0 Å². The fourth-order valence-corrected chi connectivity index (χ4v) is 1.83. The maximum absolute atomic E-state index is 10.8. The van der Waals surface area contributed by atoms with Crippen LogP contribution in [0.5, 0.6) is 0 Å². The van der Waals surface area contributed by atoms with E-state index in [1.165, 1.54) is 12.1 Å². The quantitative estimate of drug-likeness (QED) is 0.530. The van der Waals surface area contributed by atoms with Gasteiger partial charge in [-0.3, -0.25) is 10.1 Å². The molecular weight excluding hydrogens is 234 g/mol. The lowest BCUT2D eigenvalue weighted by Crippen LogP contribution is -2.21. The third-order valence-electron chi connectivity index (χ3n) is 3.10. The third kappa shape index (κ3) is 3.10. The van der Waals surface area contributed by atoms with E-state index in [1.54, 1.807) is 13.1 Å². The minimum atomic E-state index is -0.427. The molecule has 1 aromatic carbocycles. The predicted octanol–water partition coefficient (Wildman–Crippen LogP) is 1.82. The van der Waals surface area contributed by atoms with Crippen molar-refractivity contribution in [3.05, 3.63) is 28.3 Å². The van der Waals surface area contributed by atoms with E-state index in [2.05, 4.69) is 10.6 Å². The van der Waals surface area contributed by atoms with Gasteiger partial charge in [-0.25, -0.2) is 0 Å². The first-order valence-electron chi connectivity index (χ1n) is 5.99. The summed E-state index contributed by atoms with van der Waals surface area (Å²) in [7, 11) is 1.71. The number of hydrogen-bond donors (Lipinski definition) is 3. The Balaban J connectivity index is 2.05. The molecule has 18 heavy (non-hydrogen) atoms. The highest BCUT2D eigenvalue weighted by atomic mass is 16.6. The number of benzene rings is 1. The van der Waals surface area contributed by atoms with Gasteiger partial charge in [0.1, 0.15) is 0 Å². The first-order chi connectivity index (χ1) is 8.60. The zero-order valence-corrected chi connectivity index (χ0v) is 10.2. The smallest absolute Gasteiger partial charge is 0.273 e. The first-order valence-corrected chi connectivity index (χ1v) is 5.99. The molecule has 0 aromatic heterocycles. The van der Waals surface area contributed by atoms with Gasteiger partial charge in [0, 0.05) is 37.1 Å². The zero-order valence-electron chi connectivity index (χ0n) is 10.2. The molecule has 1 saturated carbocycles. The molecule has 2 rings (SSSR count). The Bertz CT molecular complexity index is 446. The van der Waals surface area contributed by atoms with Gasteiger partial charge in [-0.15, -0.1) is 0 Å². The van der Waals surface area contributed by atoms with Gasteiger partial charge in [0.05, 0.1) is 11.0 Å². The van der Waals surface area contributed by atoms with Crippen LogP contribution in [-0.2, 0) is 0 Å². The van der Waals surface area contributed by atoms with Crippen LogP contribution in [0.2, 0.25) is 0 Å². The van der Waals surface area contributed by atoms with Gasteiger partial charge in [-0.2, -0.15) is 0 Å². The molecule has 3 N–H and O–H groups in total. The lowest BCUT2D eigenvalue weighted by atomic mass is 10.2. The lowest BCUT2D eigenvalue weighted by molar-refractivity contribution is -0.384. The van der Waals surface area contributed by atoms with E-state index in [9.17, 15) is 15.2 Å². The van der Waals surface area contributed by atoms with Gasteiger partial charge in [-0.05, 0) is 24.8 Å².